The van der Waals surface area contributed by atoms with Crippen LogP contribution in [-0.4, -0.2) is 44.3 Å². The monoisotopic (exact) mass is 332 g/mol. The van der Waals surface area contributed by atoms with Crippen molar-refractivity contribution < 1.29 is 18.9 Å². The van der Waals surface area contributed by atoms with Crippen molar-refractivity contribution in [3.8, 4) is 0 Å². The largest absolute Gasteiger partial charge is 2.00 e. The summed E-state index contributed by atoms with van der Waals surface area (Å²) in [5.74, 6) is 0.211. The summed E-state index contributed by atoms with van der Waals surface area (Å²) in [5, 5.41) is 0. The molecule has 0 bridgehead atoms. The van der Waals surface area contributed by atoms with Gasteiger partial charge in [0.25, 0.3) is 0 Å². The van der Waals surface area contributed by atoms with E-state index in [1.165, 1.54) is 32.1 Å². The average molecular weight is 332 g/mol. The third-order valence-electron chi connectivity index (χ3n) is 3.40. The summed E-state index contributed by atoms with van der Waals surface area (Å²) >= 11 is 0. The van der Waals surface area contributed by atoms with Crippen LogP contribution in [0.2, 0.25) is 0 Å². The predicted molar refractivity (Wildman–Crippen MR) is 80.3 cm³/mol. The van der Waals surface area contributed by atoms with Crippen molar-refractivity contribution >= 4 is 45.6 Å². The van der Waals surface area contributed by atoms with E-state index in [1.54, 1.807) is 0 Å². The Kier molecular flexibility index (Phi) is 18.0. The molecule has 0 N–H and O–H groups in total. The molecule has 20 heavy (non-hydrogen) atoms. The Balaban J connectivity index is 0. The molecular formula is C14H29CaO4P. The van der Waals surface area contributed by atoms with Crippen LogP contribution < -0.4 is 9.79 Å². The third-order valence-corrected chi connectivity index (χ3v) is 3.87. The molecular weight excluding hydrogens is 303 g/mol. The van der Waals surface area contributed by atoms with Gasteiger partial charge in [0, 0.05) is 0 Å². The number of unbranched alkanes of at least 4 members (excludes halogenated alkanes) is 6. The molecule has 0 saturated carbocycles. The first-order valence-corrected chi connectivity index (χ1v) is 9.12. The van der Waals surface area contributed by atoms with Crippen molar-refractivity contribution in [1.29, 1.82) is 0 Å². The molecule has 1 atom stereocenters. The molecule has 0 aliphatic carbocycles. The van der Waals surface area contributed by atoms with Crippen LogP contribution in [0.15, 0.2) is 0 Å². The number of hydrogen-bond acceptors (Lipinski definition) is 4. The zero-order valence-corrected chi connectivity index (χ0v) is 16.2. The molecule has 0 aliphatic heterocycles. The molecule has 0 aromatic rings. The molecule has 0 fully saturated rings. The Bertz CT molecular complexity index is 245. The summed E-state index contributed by atoms with van der Waals surface area (Å²) in [6, 6.07) is 0. The average Bonchev–Trinajstić information content (AvgIpc) is 2.34. The minimum atomic E-state index is -4.81. The minimum Gasteiger partial charge on any atom is -0.790 e. The minimum absolute atomic E-state index is 0. The van der Waals surface area contributed by atoms with Crippen LogP contribution in [0.5, 0.6) is 0 Å². The van der Waals surface area contributed by atoms with E-state index < -0.39 is 7.82 Å². The van der Waals surface area contributed by atoms with Crippen molar-refractivity contribution in [2.24, 2.45) is 5.92 Å². The van der Waals surface area contributed by atoms with E-state index >= 15 is 0 Å². The molecule has 116 valence electrons. The molecule has 4 nitrogen and oxygen atoms in total. The molecule has 0 rings (SSSR count). The Morgan fingerprint density at radius 1 is 0.900 bits per heavy atom. The quantitative estimate of drug-likeness (QED) is 0.295. The van der Waals surface area contributed by atoms with Gasteiger partial charge in [-0.25, -0.2) is 0 Å². The van der Waals surface area contributed by atoms with Gasteiger partial charge in [0.15, 0.2) is 0 Å². The fourth-order valence-electron chi connectivity index (χ4n) is 2.21. The number of hydrogen-bond donors (Lipinski definition) is 0. The zero-order valence-electron chi connectivity index (χ0n) is 13.1. The van der Waals surface area contributed by atoms with Gasteiger partial charge in [-0.3, -0.25) is 0 Å². The van der Waals surface area contributed by atoms with E-state index in [9.17, 15) is 14.4 Å². The van der Waals surface area contributed by atoms with Gasteiger partial charge in [-0.2, -0.15) is 0 Å². The van der Waals surface area contributed by atoms with Crippen LogP contribution in [-0.2, 0) is 9.09 Å². The topological polar surface area (TPSA) is 72.4 Å². The summed E-state index contributed by atoms with van der Waals surface area (Å²) in [6.07, 6.45) is 11.4. The van der Waals surface area contributed by atoms with Gasteiger partial charge < -0.3 is 18.9 Å². The van der Waals surface area contributed by atoms with Gasteiger partial charge in [-0.15, -0.1) is 0 Å². The van der Waals surface area contributed by atoms with Crippen LogP contribution in [0, 0.1) is 5.92 Å². The van der Waals surface area contributed by atoms with Crippen molar-refractivity contribution in [3.05, 3.63) is 0 Å². The first-order chi connectivity index (χ1) is 8.99. The molecule has 0 aromatic heterocycles. The van der Waals surface area contributed by atoms with Gasteiger partial charge >= 0.3 is 37.7 Å². The van der Waals surface area contributed by atoms with Gasteiger partial charge in [-0.1, -0.05) is 65.2 Å². The Labute approximate surface area is 154 Å². The number of phosphoric acid groups is 1. The Morgan fingerprint density at radius 2 is 1.40 bits per heavy atom. The summed E-state index contributed by atoms with van der Waals surface area (Å²) in [4.78, 5) is 21.0. The van der Waals surface area contributed by atoms with E-state index in [0.29, 0.717) is 0 Å². The Morgan fingerprint density at radius 3 is 1.95 bits per heavy atom. The maximum atomic E-state index is 10.5. The molecule has 0 spiro atoms. The van der Waals surface area contributed by atoms with Crippen LogP contribution in [0.25, 0.3) is 0 Å². The van der Waals surface area contributed by atoms with Gasteiger partial charge in [0.2, 0.25) is 0 Å². The van der Waals surface area contributed by atoms with Gasteiger partial charge in [0.05, 0.1) is 14.4 Å². The van der Waals surface area contributed by atoms with E-state index in [4.69, 9.17) is 0 Å². The molecule has 0 aromatic carbocycles. The number of rotatable bonds is 13. The van der Waals surface area contributed by atoms with E-state index in [-0.39, 0.29) is 50.3 Å². The summed E-state index contributed by atoms with van der Waals surface area (Å²) < 4.78 is 14.9. The summed E-state index contributed by atoms with van der Waals surface area (Å²) in [6.45, 7) is 4.37. The molecule has 1 unspecified atom stereocenters. The molecule has 0 aliphatic rings. The second kappa shape index (κ2) is 15.3. The SMILES string of the molecule is CCCCCCCCC(CCCC)COP(=O)([O-])[O-].[Ca+2]. The summed E-state index contributed by atoms with van der Waals surface area (Å²) in [5.41, 5.74) is 0. The van der Waals surface area contributed by atoms with E-state index in [0.717, 1.165) is 32.1 Å². The number of phosphoric ester groups is 1. The molecule has 0 heterocycles. The van der Waals surface area contributed by atoms with Crippen molar-refractivity contribution in [2.75, 3.05) is 6.61 Å². The van der Waals surface area contributed by atoms with Crippen molar-refractivity contribution in [2.45, 2.75) is 78.1 Å². The smallest absolute Gasteiger partial charge is 0.790 e. The molecule has 6 heteroatoms. The zero-order chi connectivity index (χ0) is 14.6. The van der Waals surface area contributed by atoms with Gasteiger partial charge in [0.1, 0.15) is 0 Å². The second-order valence-corrected chi connectivity index (χ2v) is 6.46. The first kappa shape index (κ1) is 23.6. The summed E-state index contributed by atoms with van der Waals surface area (Å²) in [7, 11) is -4.81. The Hall–Kier alpha value is 1.37. The fraction of sp³-hybridized carbons (Fsp3) is 1.00. The fourth-order valence-corrected chi connectivity index (χ4v) is 2.61. The molecule has 0 radical (unpaired) electrons. The van der Waals surface area contributed by atoms with E-state index in [1.807, 2.05) is 0 Å². The predicted octanol–water partition coefficient (Wildman–Crippen LogP) is 3.01. The normalized spacial score (nSPS) is 13.0. The molecule has 0 amide bonds. The first-order valence-electron chi connectivity index (χ1n) is 7.66. The van der Waals surface area contributed by atoms with Crippen LogP contribution >= 0.6 is 7.82 Å². The van der Waals surface area contributed by atoms with Crippen molar-refractivity contribution in [1.82, 2.24) is 0 Å². The second-order valence-electron chi connectivity index (χ2n) is 5.31. The van der Waals surface area contributed by atoms with Crippen molar-refractivity contribution in [3.63, 3.8) is 0 Å². The van der Waals surface area contributed by atoms with Crippen LogP contribution in [0.3, 0.4) is 0 Å². The van der Waals surface area contributed by atoms with E-state index in [2.05, 4.69) is 18.4 Å². The standard InChI is InChI=1S/C14H31O4P.Ca/c1-3-5-7-8-9-10-12-14(11-6-4-2)13-18-19(15,16)17;/h14H,3-13H2,1-2H3,(H2,15,16,17);/q;+2/p-2. The maximum Gasteiger partial charge on any atom is 2.00 e. The molecule has 0 saturated heterocycles. The van der Waals surface area contributed by atoms with Gasteiger partial charge in [-0.05, 0) is 18.8 Å². The maximum absolute atomic E-state index is 10.5. The third kappa shape index (κ3) is 17.4. The van der Waals surface area contributed by atoms with Crippen LogP contribution in [0.4, 0.5) is 0 Å². The van der Waals surface area contributed by atoms with Crippen LogP contribution in [0.1, 0.15) is 78.1 Å².